The van der Waals surface area contributed by atoms with Crippen molar-refractivity contribution in [3.8, 4) is 5.69 Å². The molecule has 0 aliphatic carbocycles. The number of halogens is 1. The number of aromatic amines is 1. The first-order valence-electron chi connectivity index (χ1n) is 5.16. The second-order valence-electron chi connectivity index (χ2n) is 3.80. The van der Waals surface area contributed by atoms with Crippen LogP contribution in [0.1, 0.15) is 0 Å². The van der Waals surface area contributed by atoms with E-state index in [4.69, 9.17) is 16.1 Å². The van der Waals surface area contributed by atoms with Gasteiger partial charge in [0, 0.05) is 25.0 Å². The van der Waals surface area contributed by atoms with Gasteiger partial charge < -0.3 is 4.52 Å². The van der Waals surface area contributed by atoms with Crippen LogP contribution >= 0.6 is 19.0 Å². The van der Waals surface area contributed by atoms with Crippen LogP contribution in [-0.2, 0) is 9.09 Å². The maximum atomic E-state index is 12.1. The van der Waals surface area contributed by atoms with E-state index in [0.29, 0.717) is 10.7 Å². The largest absolute Gasteiger partial charge is 0.329 e. The Morgan fingerprint density at radius 1 is 1.33 bits per heavy atom. The number of benzene rings is 1. The Morgan fingerprint density at radius 2 is 1.94 bits per heavy atom. The lowest BCUT2D eigenvalue weighted by atomic mass is 10.3. The van der Waals surface area contributed by atoms with E-state index >= 15 is 0 Å². The molecule has 0 radical (unpaired) electrons. The molecular formula is C11H12ClN2O3P. The Morgan fingerprint density at radius 3 is 2.50 bits per heavy atom. The van der Waals surface area contributed by atoms with E-state index < -0.39 is 7.37 Å². The third kappa shape index (κ3) is 2.29. The molecule has 7 heteroatoms. The van der Waals surface area contributed by atoms with Crippen LogP contribution in [0.2, 0.25) is 5.02 Å². The SMILES string of the molecule is COP(C)(=O)c1c[nH]n(-c2ccc(Cl)cc2)c1=O. The van der Waals surface area contributed by atoms with Crippen LogP contribution in [0.25, 0.3) is 5.69 Å². The average molecular weight is 287 g/mol. The summed E-state index contributed by atoms with van der Waals surface area (Å²) in [6.07, 6.45) is 1.40. The molecule has 0 aliphatic heterocycles. The molecule has 0 bridgehead atoms. The molecule has 2 aromatic rings. The highest BCUT2D eigenvalue weighted by molar-refractivity contribution is 7.66. The van der Waals surface area contributed by atoms with Crippen molar-refractivity contribution in [1.82, 2.24) is 9.78 Å². The van der Waals surface area contributed by atoms with Crippen LogP contribution in [0.4, 0.5) is 0 Å². The smallest absolute Gasteiger partial charge is 0.284 e. The molecule has 0 saturated heterocycles. The highest BCUT2D eigenvalue weighted by Crippen LogP contribution is 2.38. The van der Waals surface area contributed by atoms with Crippen LogP contribution in [0, 0.1) is 0 Å². The molecule has 1 unspecified atom stereocenters. The molecule has 2 rings (SSSR count). The fraction of sp³-hybridized carbons (Fsp3) is 0.182. The number of rotatable bonds is 3. The molecule has 0 fully saturated rings. The highest BCUT2D eigenvalue weighted by atomic mass is 35.5. The lowest BCUT2D eigenvalue weighted by Crippen LogP contribution is -2.27. The van der Waals surface area contributed by atoms with Crippen LogP contribution in [0.3, 0.4) is 0 Å². The lowest BCUT2D eigenvalue weighted by molar-refractivity contribution is 0.408. The highest BCUT2D eigenvalue weighted by Gasteiger charge is 2.24. The van der Waals surface area contributed by atoms with Crippen LogP contribution in [0.5, 0.6) is 0 Å². The van der Waals surface area contributed by atoms with Gasteiger partial charge in [0.05, 0.1) is 5.69 Å². The fourth-order valence-corrected chi connectivity index (χ4v) is 2.59. The van der Waals surface area contributed by atoms with Gasteiger partial charge in [0.15, 0.2) is 0 Å². The van der Waals surface area contributed by atoms with Crippen molar-refractivity contribution in [3.05, 3.63) is 45.8 Å². The zero-order valence-electron chi connectivity index (χ0n) is 9.88. The summed E-state index contributed by atoms with van der Waals surface area (Å²) in [5.41, 5.74) is 0.233. The van der Waals surface area contributed by atoms with E-state index in [9.17, 15) is 9.36 Å². The molecule has 1 aromatic heterocycles. The zero-order chi connectivity index (χ0) is 13.3. The van der Waals surface area contributed by atoms with E-state index in [1.807, 2.05) is 0 Å². The summed E-state index contributed by atoms with van der Waals surface area (Å²) in [5.74, 6) is 0. The Balaban J connectivity index is 2.53. The topological polar surface area (TPSA) is 64.1 Å². The monoisotopic (exact) mass is 286 g/mol. The Hall–Kier alpha value is -1.29. The molecule has 0 aliphatic rings. The van der Waals surface area contributed by atoms with Gasteiger partial charge in [-0.3, -0.25) is 14.5 Å². The average Bonchev–Trinajstić information content (AvgIpc) is 2.73. The van der Waals surface area contributed by atoms with Crippen LogP contribution < -0.4 is 10.9 Å². The van der Waals surface area contributed by atoms with Gasteiger partial charge in [0.1, 0.15) is 5.30 Å². The van der Waals surface area contributed by atoms with Gasteiger partial charge in [-0.15, -0.1) is 0 Å². The number of nitrogens with one attached hydrogen (secondary N) is 1. The second kappa shape index (κ2) is 4.76. The third-order valence-electron chi connectivity index (χ3n) is 2.62. The maximum absolute atomic E-state index is 12.1. The number of hydrogen-bond acceptors (Lipinski definition) is 3. The molecule has 18 heavy (non-hydrogen) atoms. The van der Waals surface area contributed by atoms with E-state index in [0.717, 1.165) is 0 Å². The second-order valence-corrected chi connectivity index (χ2v) is 6.78. The van der Waals surface area contributed by atoms with Crippen LogP contribution in [-0.4, -0.2) is 23.6 Å². The summed E-state index contributed by atoms with van der Waals surface area (Å²) >= 11 is 5.78. The summed E-state index contributed by atoms with van der Waals surface area (Å²) in [5, 5.41) is 3.48. The molecule has 0 amide bonds. The van der Waals surface area contributed by atoms with Gasteiger partial charge in [-0.2, -0.15) is 0 Å². The minimum Gasteiger partial charge on any atom is -0.329 e. The molecule has 1 heterocycles. The molecule has 1 atom stereocenters. The van der Waals surface area contributed by atoms with E-state index in [2.05, 4.69) is 5.10 Å². The Bertz CT molecular complexity index is 660. The van der Waals surface area contributed by atoms with Crippen LogP contribution in [0.15, 0.2) is 35.3 Å². The molecule has 1 N–H and O–H groups in total. The van der Waals surface area contributed by atoms with Crippen molar-refractivity contribution in [2.45, 2.75) is 0 Å². The standard InChI is InChI=1S/C11H12ClN2O3P/c1-17-18(2,16)10-7-13-14(11(10)15)9-5-3-8(12)4-6-9/h3-7,13H,1-2H3. The van der Waals surface area contributed by atoms with Gasteiger partial charge in [-0.25, -0.2) is 4.68 Å². The summed E-state index contributed by atoms with van der Waals surface area (Å²) in [6.45, 7) is 1.41. The van der Waals surface area contributed by atoms with Crippen molar-refractivity contribution in [1.29, 1.82) is 0 Å². The quantitative estimate of drug-likeness (QED) is 0.878. The van der Waals surface area contributed by atoms with E-state index in [1.54, 1.807) is 24.3 Å². The number of hydrogen-bond donors (Lipinski definition) is 1. The van der Waals surface area contributed by atoms with Gasteiger partial charge in [0.25, 0.3) is 5.56 Å². The maximum Gasteiger partial charge on any atom is 0.284 e. The van der Waals surface area contributed by atoms with Crippen molar-refractivity contribution < 1.29 is 9.09 Å². The third-order valence-corrected chi connectivity index (χ3v) is 4.77. The summed E-state index contributed by atoms with van der Waals surface area (Å²) in [6, 6.07) is 6.73. The molecule has 1 aromatic carbocycles. The minimum absolute atomic E-state index is 0.139. The van der Waals surface area contributed by atoms with Crippen molar-refractivity contribution in [2.75, 3.05) is 13.8 Å². The molecule has 0 saturated carbocycles. The van der Waals surface area contributed by atoms with Gasteiger partial charge in [0.2, 0.25) is 7.37 Å². The predicted octanol–water partition coefficient (Wildman–Crippen LogP) is 2.00. The number of aromatic nitrogens is 2. The Kier molecular flexibility index (Phi) is 3.48. The van der Waals surface area contributed by atoms with Gasteiger partial charge >= 0.3 is 0 Å². The number of nitrogens with zero attached hydrogens (tertiary/aromatic N) is 1. The molecule has 0 spiro atoms. The normalized spacial score (nSPS) is 14.4. The van der Waals surface area contributed by atoms with Crippen molar-refractivity contribution in [3.63, 3.8) is 0 Å². The fourth-order valence-electron chi connectivity index (χ4n) is 1.53. The first kappa shape index (κ1) is 13.1. The van der Waals surface area contributed by atoms with Gasteiger partial charge in [-0.1, -0.05) is 11.6 Å². The summed E-state index contributed by atoms with van der Waals surface area (Å²) < 4.78 is 18.2. The summed E-state index contributed by atoms with van der Waals surface area (Å²) in [7, 11) is -1.74. The summed E-state index contributed by atoms with van der Waals surface area (Å²) in [4.78, 5) is 12.1. The zero-order valence-corrected chi connectivity index (χ0v) is 11.5. The number of H-pyrrole nitrogens is 1. The van der Waals surface area contributed by atoms with Gasteiger partial charge in [-0.05, 0) is 24.3 Å². The molecule has 96 valence electrons. The first-order chi connectivity index (χ1) is 8.45. The Labute approximate surface area is 109 Å². The minimum atomic E-state index is -3.06. The lowest BCUT2D eigenvalue weighted by Gasteiger charge is -2.06. The molecular weight excluding hydrogens is 275 g/mol. The van der Waals surface area contributed by atoms with Crippen molar-refractivity contribution >= 4 is 24.3 Å². The van der Waals surface area contributed by atoms with E-state index in [-0.39, 0.29) is 10.9 Å². The molecule has 5 nitrogen and oxygen atoms in total. The first-order valence-corrected chi connectivity index (χ1v) is 7.61. The predicted molar refractivity (Wildman–Crippen MR) is 71.6 cm³/mol. The van der Waals surface area contributed by atoms with E-state index in [1.165, 1.54) is 24.7 Å². The van der Waals surface area contributed by atoms with Crippen molar-refractivity contribution in [2.24, 2.45) is 0 Å².